The third kappa shape index (κ3) is 1.90. The fraction of sp³-hybridized carbons (Fsp3) is 0.538. The van der Waals surface area contributed by atoms with E-state index in [1.54, 1.807) is 25.1 Å². The second-order valence-electron chi connectivity index (χ2n) is 5.13. The van der Waals surface area contributed by atoms with Gasteiger partial charge in [0.15, 0.2) is 11.6 Å². The molecular weight excluding hydrogens is 222 g/mol. The maximum Gasteiger partial charge on any atom is 0.182 e. The summed E-state index contributed by atoms with van der Waals surface area (Å²) in [5, 5.41) is 0. The summed E-state index contributed by atoms with van der Waals surface area (Å²) in [7, 11) is 3.40. The zero-order chi connectivity index (χ0) is 12.8. The summed E-state index contributed by atoms with van der Waals surface area (Å²) in [6, 6.07) is 2.97. The van der Waals surface area contributed by atoms with E-state index in [9.17, 15) is 8.78 Å². The highest BCUT2D eigenvalue weighted by atomic mass is 19.2. The quantitative estimate of drug-likeness (QED) is 0.879. The molecule has 2 rings (SSSR count). The third-order valence-electron chi connectivity index (χ3n) is 3.73. The highest BCUT2D eigenvalue weighted by Crippen LogP contribution is 2.51. The van der Waals surface area contributed by atoms with Crippen LogP contribution in [-0.4, -0.2) is 20.1 Å². The molecule has 1 atom stereocenters. The van der Waals surface area contributed by atoms with Gasteiger partial charge < -0.3 is 10.6 Å². The first-order valence-electron chi connectivity index (χ1n) is 5.81. The normalized spacial score (nSPS) is 18.9. The van der Waals surface area contributed by atoms with Gasteiger partial charge in [-0.25, -0.2) is 8.78 Å². The summed E-state index contributed by atoms with van der Waals surface area (Å²) in [5.74, 6) is -1.59. The molecule has 0 saturated heterocycles. The van der Waals surface area contributed by atoms with Crippen molar-refractivity contribution < 1.29 is 8.78 Å². The molecule has 94 valence electrons. The van der Waals surface area contributed by atoms with Crippen molar-refractivity contribution in [1.29, 1.82) is 0 Å². The van der Waals surface area contributed by atoms with Gasteiger partial charge >= 0.3 is 0 Å². The molecule has 0 aromatic heterocycles. The average molecular weight is 240 g/mol. The lowest BCUT2D eigenvalue weighted by Gasteiger charge is -2.23. The van der Waals surface area contributed by atoms with Crippen LogP contribution in [0.5, 0.6) is 0 Å². The van der Waals surface area contributed by atoms with E-state index in [-0.39, 0.29) is 17.1 Å². The highest BCUT2D eigenvalue weighted by Gasteiger charge is 2.48. The van der Waals surface area contributed by atoms with E-state index in [0.717, 1.165) is 18.4 Å². The molecule has 0 amide bonds. The summed E-state index contributed by atoms with van der Waals surface area (Å²) in [6.45, 7) is 1.92. The summed E-state index contributed by atoms with van der Waals surface area (Å²) in [4.78, 5) is 1.58. The number of nitrogens with zero attached hydrogens (tertiary/aromatic N) is 1. The van der Waals surface area contributed by atoms with Gasteiger partial charge in [-0.05, 0) is 37.5 Å². The first kappa shape index (κ1) is 12.3. The minimum atomic E-state index is -0.793. The smallest absolute Gasteiger partial charge is 0.182 e. The van der Waals surface area contributed by atoms with Crippen LogP contribution in [0, 0.1) is 11.6 Å². The monoisotopic (exact) mass is 240 g/mol. The number of nitrogens with two attached hydrogens (primary N) is 1. The Morgan fingerprint density at radius 3 is 2.29 bits per heavy atom. The molecule has 0 spiro atoms. The van der Waals surface area contributed by atoms with Gasteiger partial charge in [0.2, 0.25) is 0 Å². The Hall–Kier alpha value is -1.16. The van der Waals surface area contributed by atoms with Crippen LogP contribution in [0.3, 0.4) is 0 Å². The maximum atomic E-state index is 13.6. The largest absolute Gasteiger partial charge is 0.375 e. The second kappa shape index (κ2) is 3.95. The number of hydrogen-bond donors (Lipinski definition) is 1. The number of rotatable bonds is 3. The van der Waals surface area contributed by atoms with E-state index in [4.69, 9.17) is 5.73 Å². The minimum Gasteiger partial charge on any atom is -0.375 e. The zero-order valence-electron chi connectivity index (χ0n) is 10.4. The number of anilines is 1. The van der Waals surface area contributed by atoms with Gasteiger partial charge in [-0.2, -0.15) is 0 Å². The first-order chi connectivity index (χ1) is 7.88. The van der Waals surface area contributed by atoms with Crippen LogP contribution in [0.4, 0.5) is 14.5 Å². The van der Waals surface area contributed by atoms with Gasteiger partial charge in [0.25, 0.3) is 0 Å². The Balaban J connectivity index is 2.50. The summed E-state index contributed by atoms with van der Waals surface area (Å²) < 4.78 is 27.2. The van der Waals surface area contributed by atoms with Crippen molar-refractivity contribution in [2.75, 3.05) is 19.0 Å². The Morgan fingerprint density at radius 2 is 1.88 bits per heavy atom. The molecule has 1 aromatic rings. The van der Waals surface area contributed by atoms with Gasteiger partial charge in [0, 0.05) is 25.6 Å². The molecule has 17 heavy (non-hydrogen) atoms. The molecule has 2 nitrogen and oxygen atoms in total. The van der Waals surface area contributed by atoms with Gasteiger partial charge in [-0.3, -0.25) is 0 Å². The van der Waals surface area contributed by atoms with Gasteiger partial charge in [-0.1, -0.05) is 0 Å². The molecule has 1 aliphatic rings. The molecule has 4 heteroatoms. The van der Waals surface area contributed by atoms with Crippen LogP contribution in [0.2, 0.25) is 0 Å². The fourth-order valence-corrected chi connectivity index (χ4v) is 2.33. The lowest BCUT2D eigenvalue weighted by molar-refractivity contribution is 0.497. The topological polar surface area (TPSA) is 29.3 Å². The van der Waals surface area contributed by atoms with Crippen LogP contribution in [-0.2, 0) is 5.41 Å². The average Bonchev–Trinajstić information content (AvgIpc) is 3.02. The van der Waals surface area contributed by atoms with Gasteiger partial charge in [0.05, 0.1) is 5.69 Å². The van der Waals surface area contributed by atoms with E-state index < -0.39 is 11.6 Å². The molecule has 1 aromatic carbocycles. The number of halogens is 2. The molecule has 1 fully saturated rings. The number of hydrogen-bond acceptors (Lipinski definition) is 2. The van der Waals surface area contributed by atoms with Crippen LogP contribution in [0.25, 0.3) is 0 Å². The first-order valence-corrected chi connectivity index (χ1v) is 5.81. The van der Waals surface area contributed by atoms with Crippen LogP contribution in [0.1, 0.15) is 25.3 Å². The highest BCUT2D eigenvalue weighted by molar-refractivity contribution is 5.52. The molecule has 0 radical (unpaired) electrons. The van der Waals surface area contributed by atoms with Crippen molar-refractivity contribution in [3.8, 4) is 0 Å². The summed E-state index contributed by atoms with van der Waals surface area (Å²) in [6.07, 6.45) is 1.89. The molecule has 0 heterocycles. The van der Waals surface area contributed by atoms with Crippen molar-refractivity contribution >= 4 is 5.69 Å². The van der Waals surface area contributed by atoms with Crippen molar-refractivity contribution in [3.05, 3.63) is 29.3 Å². The Bertz CT molecular complexity index is 437. The van der Waals surface area contributed by atoms with Crippen LogP contribution >= 0.6 is 0 Å². The molecule has 0 bridgehead atoms. The molecule has 2 N–H and O–H groups in total. The van der Waals surface area contributed by atoms with Gasteiger partial charge in [-0.15, -0.1) is 0 Å². The molecule has 0 aliphatic heterocycles. The fourth-order valence-electron chi connectivity index (χ4n) is 2.33. The van der Waals surface area contributed by atoms with Crippen LogP contribution < -0.4 is 10.6 Å². The lowest BCUT2D eigenvalue weighted by Crippen LogP contribution is -2.32. The van der Waals surface area contributed by atoms with E-state index in [1.165, 1.54) is 6.07 Å². The Labute approximate surface area is 100 Å². The van der Waals surface area contributed by atoms with Crippen molar-refractivity contribution in [3.63, 3.8) is 0 Å². The van der Waals surface area contributed by atoms with Crippen molar-refractivity contribution in [2.45, 2.75) is 31.2 Å². The third-order valence-corrected chi connectivity index (χ3v) is 3.73. The predicted octanol–water partition coefficient (Wildman–Crippen LogP) is 2.41. The van der Waals surface area contributed by atoms with E-state index >= 15 is 0 Å². The van der Waals surface area contributed by atoms with Crippen LogP contribution in [0.15, 0.2) is 12.1 Å². The Kier molecular flexibility index (Phi) is 2.86. The van der Waals surface area contributed by atoms with Gasteiger partial charge in [0.1, 0.15) is 0 Å². The van der Waals surface area contributed by atoms with Crippen molar-refractivity contribution in [2.24, 2.45) is 5.73 Å². The lowest BCUT2D eigenvalue weighted by atomic mass is 9.89. The molecule has 1 saturated carbocycles. The maximum absolute atomic E-state index is 13.6. The zero-order valence-corrected chi connectivity index (χ0v) is 10.4. The molecular formula is C13H18F2N2. The second-order valence-corrected chi connectivity index (χ2v) is 5.13. The van der Waals surface area contributed by atoms with Crippen molar-refractivity contribution in [1.82, 2.24) is 0 Å². The predicted molar refractivity (Wildman–Crippen MR) is 65.2 cm³/mol. The van der Waals surface area contributed by atoms with E-state index in [0.29, 0.717) is 0 Å². The summed E-state index contributed by atoms with van der Waals surface area (Å²) in [5.41, 5.74) is 6.89. The Morgan fingerprint density at radius 1 is 1.29 bits per heavy atom. The number of benzene rings is 1. The van der Waals surface area contributed by atoms with E-state index in [1.807, 2.05) is 6.92 Å². The summed E-state index contributed by atoms with van der Waals surface area (Å²) >= 11 is 0. The molecule has 1 unspecified atom stereocenters. The molecule has 1 aliphatic carbocycles. The standard InChI is InChI=1S/C13H18F2N2/c1-8(16)13(4-5-13)9-6-10(14)12(15)11(7-9)17(2)3/h6-8H,4-5,16H2,1-3H3. The SMILES string of the molecule is CC(N)C1(c2cc(F)c(F)c(N(C)C)c2)CC1. The van der Waals surface area contributed by atoms with E-state index in [2.05, 4.69) is 0 Å². The minimum absolute atomic E-state index is 0.0395.